The average molecular weight is 303 g/mol. The largest absolute Gasteiger partial charge is 0.454 e. The summed E-state index contributed by atoms with van der Waals surface area (Å²) in [6.45, 7) is 5.73. The van der Waals surface area contributed by atoms with E-state index in [2.05, 4.69) is 34.3 Å². The number of guanidine groups is 1. The van der Waals surface area contributed by atoms with Gasteiger partial charge in [-0.05, 0) is 42.9 Å². The highest BCUT2D eigenvalue weighted by Gasteiger charge is 2.18. The first kappa shape index (κ1) is 15.0. The first-order valence-electron chi connectivity index (χ1n) is 8.10. The van der Waals surface area contributed by atoms with Crippen molar-refractivity contribution < 1.29 is 9.47 Å². The maximum Gasteiger partial charge on any atom is 0.231 e. The van der Waals surface area contributed by atoms with Crippen LogP contribution in [0.1, 0.15) is 25.3 Å². The summed E-state index contributed by atoms with van der Waals surface area (Å²) in [5.41, 5.74) is 1.25. The molecular formula is C17H25N3O2. The first-order valence-corrected chi connectivity index (χ1v) is 8.10. The highest BCUT2D eigenvalue weighted by Crippen LogP contribution is 2.32. The number of nitrogens with zero attached hydrogens (tertiary/aromatic N) is 2. The van der Waals surface area contributed by atoms with Gasteiger partial charge in [0.05, 0.1) is 0 Å². The smallest absolute Gasteiger partial charge is 0.231 e. The Kier molecular flexibility index (Phi) is 4.71. The predicted molar refractivity (Wildman–Crippen MR) is 87.6 cm³/mol. The van der Waals surface area contributed by atoms with E-state index in [4.69, 9.17) is 9.47 Å². The summed E-state index contributed by atoms with van der Waals surface area (Å²) in [5.74, 6) is 3.55. The number of rotatable bonds is 3. The van der Waals surface area contributed by atoms with Crippen molar-refractivity contribution in [2.75, 3.05) is 33.5 Å². The van der Waals surface area contributed by atoms with Crippen LogP contribution in [0.4, 0.5) is 0 Å². The van der Waals surface area contributed by atoms with Crippen molar-refractivity contribution in [2.45, 2.75) is 26.2 Å². The molecule has 1 fully saturated rings. The predicted octanol–water partition coefficient (Wildman–Crippen LogP) is 2.27. The van der Waals surface area contributed by atoms with E-state index in [-0.39, 0.29) is 0 Å². The van der Waals surface area contributed by atoms with Gasteiger partial charge in [0, 0.05) is 26.7 Å². The van der Waals surface area contributed by atoms with E-state index < -0.39 is 0 Å². The molecule has 1 N–H and O–H groups in total. The summed E-state index contributed by atoms with van der Waals surface area (Å²) in [6, 6.07) is 6.15. The lowest BCUT2D eigenvalue weighted by molar-refractivity contribution is 0.174. The van der Waals surface area contributed by atoms with E-state index in [1.807, 2.05) is 13.1 Å². The zero-order chi connectivity index (χ0) is 15.4. The number of fused-ring (bicyclic) bond motifs is 1. The van der Waals surface area contributed by atoms with Crippen molar-refractivity contribution in [3.8, 4) is 11.5 Å². The monoisotopic (exact) mass is 303 g/mol. The molecular weight excluding hydrogens is 278 g/mol. The molecule has 2 aliphatic heterocycles. The lowest BCUT2D eigenvalue weighted by Crippen LogP contribution is -2.45. The summed E-state index contributed by atoms with van der Waals surface area (Å²) < 4.78 is 10.8. The number of hydrogen-bond donors (Lipinski definition) is 1. The topological polar surface area (TPSA) is 46.1 Å². The summed E-state index contributed by atoms with van der Waals surface area (Å²) >= 11 is 0. The van der Waals surface area contributed by atoms with Crippen LogP contribution in [0, 0.1) is 5.92 Å². The quantitative estimate of drug-likeness (QED) is 0.687. The third-order valence-corrected chi connectivity index (χ3v) is 4.43. The molecule has 1 aromatic carbocycles. The van der Waals surface area contributed by atoms with Crippen LogP contribution in [0.25, 0.3) is 0 Å². The summed E-state index contributed by atoms with van der Waals surface area (Å²) in [6.07, 6.45) is 3.45. The molecule has 0 atom stereocenters. The molecule has 120 valence electrons. The fourth-order valence-corrected chi connectivity index (χ4v) is 2.97. The molecule has 1 aromatic rings. The van der Waals surface area contributed by atoms with Gasteiger partial charge >= 0.3 is 0 Å². The second kappa shape index (κ2) is 6.90. The van der Waals surface area contributed by atoms with Crippen LogP contribution in [-0.2, 0) is 6.42 Å². The van der Waals surface area contributed by atoms with Crippen molar-refractivity contribution >= 4 is 5.96 Å². The Balaban J connectivity index is 1.49. The van der Waals surface area contributed by atoms with Gasteiger partial charge in [-0.1, -0.05) is 13.0 Å². The SMILES string of the molecule is CN=C(NCCc1ccc2c(c1)OCO2)N1CCC(C)CC1. The van der Waals surface area contributed by atoms with Crippen molar-refractivity contribution in [1.29, 1.82) is 0 Å². The number of hydrogen-bond acceptors (Lipinski definition) is 3. The van der Waals surface area contributed by atoms with Gasteiger partial charge in [0.2, 0.25) is 6.79 Å². The average Bonchev–Trinajstić information content (AvgIpc) is 3.00. The minimum absolute atomic E-state index is 0.330. The van der Waals surface area contributed by atoms with E-state index in [9.17, 15) is 0 Å². The van der Waals surface area contributed by atoms with E-state index >= 15 is 0 Å². The molecule has 0 spiro atoms. The molecule has 0 amide bonds. The Morgan fingerprint density at radius 1 is 1.27 bits per heavy atom. The Morgan fingerprint density at radius 3 is 2.82 bits per heavy atom. The lowest BCUT2D eigenvalue weighted by atomic mass is 9.99. The van der Waals surface area contributed by atoms with Crippen LogP contribution in [0.15, 0.2) is 23.2 Å². The molecule has 0 aliphatic carbocycles. The fourth-order valence-electron chi connectivity index (χ4n) is 2.97. The fraction of sp³-hybridized carbons (Fsp3) is 0.588. The Morgan fingerprint density at radius 2 is 2.05 bits per heavy atom. The van der Waals surface area contributed by atoms with E-state index in [1.54, 1.807) is 0 Å². The van der Waals surface area contributed by atoms with Gasteiger partial charge in [-0.3, -0.25) is 4.99 Å². The molecule has 0 saturated carbocycles. The standard InChI is InChI=1S/C17H25N3O2/c1-13-6-9-20(10-7-13)17(18-2)19-8-5-14-3-4-15-16(11-14)22-12-21-15/h3-4,11,13H,5-10,12H2,1-2H3,(H,18,19). The number of benzene rings is 1. The Labute approximate surface area is 132 Å². The van der Waals surface area contributed by atoms with Crippen LogP contribution < -0.4 is 14.8 Å². The van der Waals surface area contributed by atoms with Crippen molar-refractivity contribution in [2.24, 2.45) is 10.9 Å². The van der Waals surface area contributed by atoms with Crippen molar-refractivity contribution in [3.63, 3.8) is 0 Å². The molecule has 0 unspecified atom stereocenters. The highest BCUT2D eigenvalue weighted by molar-refractivity contribution is 5.79. The molecule has 2 aliphatic rings. The van der Waals surface area contributed by atoms with Crippen LogP contribution in [0.2, 0.25) is 0 Å². The maximum atomic E-state index is 5.42. The molecule has 0 bridgehead atoms. The Hall–Kier alpha value is -1.91. The van der Waals surface area contributed by atoms with Crippen LogP contribution in [0.3, 0.4) is 0 Å². The third-order valence-electron chi connectivity index (χ3n) is 4.43. The van der Waals surface area contributed by atoms with Crippen LogP contribution >= 0.6 is 0 Å². The molecule has 0 aromatic heterocycles. The maximum absolute atomic E-state index is 5.42. The van der Waals surface area contributed by atoms with Crippen LogP contribution in [-0.4, -0.2) is 44.3 Å². The second-order valence-electron chi connectivity index (χ2n) is 6.08. The van der Waals surface area contributed by atoms with Crippen molar-refractivity contribution in [1.82, 2.24) is 10.2 Å². The normalized spacial score (nSPS) is 18.6. The minimum atomic E-state index is 0.330. The van der Waals surface area contributed by atoms with Gasteiger partial charge in [0.25, 0.3) is 0 Å². The van der Waals surface area contributed by atoms with Gasteiger partial charge in [0.15, 0.2) is 17.5 Å². The third kappa shape index (κ3) is 3.46. The summed E-state index contributed by atoms with van der Waals surface area (Å²) in [4.78, 5) is 6.77. The molecule has 5 nitrogen and oxygen atoms in total. The molecule has 1 saturated heterocycles. The lowest BCUT2D eigenvalue weighted by Gasteiger charge is -2.32. The van der Waals surface area contributed by atoms with Gasteiger partial charge < -0.3 is 19.7 Å². The zero-order valence-corrected chi connectivity index (χ0v) is 13.5. The molecule has 2 heterocycles. The van der Waals surface area contributed by atoms with E-state index in [1.165, 1.54) is 18.4 Å². The second-order valence-corrected chi connectivity index (χ2v) is 6.08. The van der Waals surface area contributed by atoms with Gasteiger partial charge in [-0.15, -0.1) is 0 Å². The summed E-state index contributed by atoms with van der Waals surface area (Å²) in [5, 5.41) is 3.47. The molecule has 5 heteroatoms. The van der Waals surface area contributed by atoms with Crippen LogP contribution in [0.5, 0.6) is 11.5 Å². The molecule has 0 radical (unpaired) electrons. The first-order chi connectivity index (χ1) is 10.8. The molecule has 3 rings (SSSR count). The number of likely N-dealkylation sites (tertiary alicyclic amines) is 1. The number of aliphatic imine (C=N–C) groups is 1. The minimum Gasteiger partial charge on any atom is -0.454 e. The number of piperidine rings is 1. The Bertz CT molecular complexity index is 537. The van der Waals surface area contributed by atoms with Gasteiger partial charge in [-0.25, -0.2) is 0 Å². The number of nitrogens with one attached hydrogen (secondary N) is 1. The summed E-state index contributed by atoms with van der Waals surface area (Å²) in [7, 11) is 1.86. The van der Waals surface area contributed by atoms with Gasteiger partial charge in [0.1, 0.15) is 0 Å². The highest BCUT2D eigenvalue weighted by atomic mass is 16.7. The van der Waals surface area contributed by atoms with Gasteiger partial charge in [-0.2, -0.15) is 0 Å². The zero-order valence-electron chi connectivity index (χ0n) is 13.5. The molecule has 22 heavy (non-hydrogen) atoms. The number of ether oxygens (including phenoxy) is 2. The van der Waals surface area contributed by atoms with Crippen molar-refractivity contribution in [3.05, 3.63) is 23.8 Å². The van der Waals surface area contributed by atoms with E-state index in [0.29, 0.717) is 6.79 Å². The van der Waals surface area contributed by atoms with E-state index in [0.717, 1.165) is 49.4 Å².